The van der Waals surface area contributed by atoms with Gasteiger partial charge in [-0.25, -0.2) is 8.42 Å². The second-order valence-electron chi connectivity index (χ2n) is 4.71. The van der Waals surface area contributed by atoms with E-state index in [1.807, 2.05) is 12.1 Å². The predicted molar refractivity (Wildman–Crippen MR) is 70.9 cm³/mol. The van der Waals surface area contributed by atoms with Crippen LogP contribution >= 0.6 is 0 Å². The second kappa shape index (κ2) is 4.50. The van der Waals surface area contributed by atoms with Crippen LogP contribution in [0.5, 0.6) is 0 Å². The van der Waals surface area contributed by atoms with E-state index < -0.39 is 9.84 Å². The number of rotatable bonds is 2. The molecule has 1 aromatic rings. The number of sulfone groups is 1. The van der Waals surface area contributed by atoms with E-state index in [0.717, 1.165) is 43.9 Å². The molecule has 0 aromatic heterocycles. The molecule has 2 heterocycles. The normalized spacial score (nSPS) is 22.6. The Balaban J connectivity index is 1.89. The van der Waals surface area contributed by atoms with Crippen molar-refractivity contribution in [2.45, 2.75) is 4.90 Å². The van der Waals surface area contributed by atoms with Crippen molar-refractivity contribution in [2.75, 3.05) is 32.7 Å². The summed E-state index contributed by atoms with van der Waals surface area (Å²) in [6.07, 6.45) is 0. The van der Waals surface area contributed by atoms with Gasteiger partial charge in [-0.15, -0.1) is 0 Å². The fraction of sp³-hybridized carbons (Fsp3) is 0.385. The number of hydrogen-bond donors (Lipinski definition) is 1. The standard InChI is InChI=1S/C13H16N2O2S/c16-18(17)10-11(9-15-7-5-14-6-8-15)12-3-1-2-4-13(12)18/h1-4,10,14H,5-9H2. The van der Waals surface area contributed by atoms with Gasteiger partial charge in [0, 0.05) is 38.1 Å². The Bertz CT molecular complexity index is 587. The van der Waals surface area contributed by atoms with Crippen LogP contribution in [-0.2, 0) is 9.84 Å². The maximum absolute atomic E-state index is 12.0. The van der Waals surface area contributed by atoms with Crippen molar-refractivity contribution >= 4 is 15.4 Å². The minimum atomic E-state index is -3.21. The van der Waals surface area contributed by atoms with Gasteiger partial charge in [0.05, 0.1) is 4.90 Å². The Morgan fingerprint density at radius 3 is 2.67 bits per heavy atom. The molecule has 2 aliphatic rings. The minimum absolute atomic E-state index is 0.454. The molecule has 3 rings (SSSR count). The lowest BCUT2D eigenvalue weighted by Gasteiger charge is -2.27. The summed E-state index contributed by atoms with van der Waals surface area (Å²) in [5.74, 6) is 0. The summed E-state index contributed by atoms with van der Waals surface area (Å²) in [4.78, 5) is 2.75. The molecule has 1 saturated heterocycles. The monoisotopic (exact) mass is 264 g/mol. The Kier molecular flexibility index (Phi) is 2.97. The molecular weight excluding hydrogens is 248 g/mol. The van der Waals surface area contributed by atoms with Crippen LogP contribution in [0.15, 0.2) is 34.6 Å². The highest BCUT2D eigenvalue weighted by atomic mass is 32.2. The first-order valence-corrected chi connectivity index (χ1v) is 7.69. The van der Waals surface area contributed by atoms with Gasteiger partial charge in [-0.2, -0.15) is 0 Å². The first-order valence-electron chi connectivity index (χ1n) is 6.15. The minimum Gasteiger partial charge on any atom is -0.314 e. The Hall–Kier alpha value is -1.17. The number of hydrogen-bond acceptors (Lipinski definition) is 4. The molecule has 0 radical (unpaired) electrons. The van der Waals surface area contributed by atoms with E-state index in [1.54, 1.807) is 12.1 Å². The third-order valence-electron chi connectivity index (χ3n) is 3.44. The molecule has 0 bridgehead atoms. The van der Waals surface area contributed by atoms with Crippen molar-refractivity contribution < 1.29 is 8.42 Å². The van der Waals surface area contributed by atoms with Gasteiger partial charge in [0.15, 0.2) is 0 Å². The maximum Gasteiger partial charge on any atom is 0.200 e. The van der Waals surface area contributed by atoms with Gasteiger partial charge in [0.1, 0.15) is 0 Å². The molecule has 1 aromatic carbocycles. The Morgan fingerprint density at radius 1 is 1.17 bits per heavy atom. The molecule has 5 heteroatoms. The lowest BCUT2D eigenvalue weighted by atomic mass is 10.1. The summed E-state index contributed by atoms with van der Waals surface area (Å²) in [6.45, 7) is 4.61. The van der Waals surface area contributed by atoms with Crippen LogP contribution in [0.4, 0.5) is 0 Å². The summed E-state index contributed by atoms with van der Waals surface area (Å²) in [5.41, 5.74) is 1.79. The van der Waals surface area contributed by atoms with Gasteiger partial charge in [-0.1, -0.05) is 18.2 Å². The third-order valence-corrected chi connectivity index (χ3v) is 5.00. The van der Waals surface area contributed by atoms with Crippen LogP contribution in [0, 0.1) is 0 Å². The number of nitrogens with zero attached hydrogens (tertiary/aromatic N) is 1. The van der Waals surface area contributed by atoms with Gasteiger partial charge < -0.3 is 5.32 Å². The number of fused-ring (bicyclic) bond motifs is 1. The molecule has 0 amide bonds. The zero-order valence-electron chi connectivity index (χ0n) is 10.1. The number of piperazine rings is 1. The zero-order chi connectivity index (χ0) is 12.6. The number of benzene rings is 1. The van der Waals surface area contributed by atoms with Gasteiger partial charge in [0.25, 0.3) is 0 Å². The molecule has 0 aliphatic carbocycles. The molecule has 18 heavy (non-hydrogen) atoms. The average Bonchev–Trinajstić information content (AvgIpc) is 2.63. The highest BCUT2D eigenvalue weighted by molar-refractivity contribution is 7.95. The molecule has 0 spiro atoms. The quantitative estimate of drug-likeness (QED) is 0.855. The molecule has 0 atom stereocenters. The summed E-state index contributed by atoms with van der Waals surface area (Å²) in [7, 11) is -3.21. The van der Waals surface area contributed by atoms with E-state index >= 15 is 0 Å². The second-order valence-corrected chi connectivity index (χ2v) is 6.48. The van der Waals surface area contributed by atoms with Gasteiger partial charge in [0.2, 0.25) is 9.84 Å². The van der Waals surface area contributed by atoms with E-state index in [2.05, 4.69) is 10.2 Å². The van der Waals surface area contributed by atoms with Gasteiger partial charge >= 0.3 is 0 Å². The predicted octanol–water partition coefficient (Wildman–Crippen LogP) is 0.720. The van der Waals surface area contributed by atoms with Crippen molar-refractivity contribution in [3.05, 3.63) is 35.2 Å². The summed E-state index contributed by atoms with van der Waals surface area (Å²) >= 11 is 0. The van der Waals surface area contributed by atoms with Crippen molar-refractivity contribution in [1.29, 1.82) is 0 Å². The van der Waals surface area contributed by atoms with Crippen molar-refractivity contribution in [1.82, 2.24) is 10.2 Å². The van der Waals surface area contributed by atoms with E-state index in [1.165, 1.54) is 5.41 Å². The van der Waals surface area contributed by atoms with Crippen molar-refractivity contribution in [2.24, 2.45) is 0 Å². The van der Waals surface area contributed by atoms with Crippen LogP contribution in [0.1, 0.15) is 5.56 Å². The molecule has 2 aliphatic heterocycles. The average molecular weight is 264 g/mol. The lowest BCUT2D eigenvalue weighted by molar-refractivity contribution is 0.268. The Labute approximate surface area is 107 Å². The van der Waals surface area contributed by atoms with E-state index in [0.29, 0.717) is 4.90 Å². The summed E-state index contributed by atoms with van der Waals surface area (Å²) in [5, 5.41) is 4.73. The molecule has 96 valence electrons. The van der Waals surface area contributed by atoms with Crippen LogP contribution in [0.3, 0.4) is 0 Å². The number of nitrogens with one attached hydrogen (secondary N) is 1. The van der Waals surface area contributed by atoms with Crippen LogP contribution in [-0.4, -0.2) is 46.0 Å². The fourth-order valence-corrected chi connectivity index (χ4v) is 4.00. The smallest absolute Gasteiger partial charge is 0.200 e. The Morgan fingerprint density at radius 2 is 1.89 bits per heavy atom. The summed E-state index contributed by atoms with van der Waals surface area (Å²) < 4.78 is 24.0. The zero-order valence-corrected chi connectivity index (χ0v) is 10.9. The van der Waals surface area contributed by atoms with E-state index in [-0.39, 0.29) is 0 Å². The lowest BCUT2D eigenvalue weighted by Crippen LogP contribution is -2.43. The van der Waals surface area contributed by atoms with Crippen LogP contribution in [0.25, 0.3) is 5.57 Å². The molecular formula is C13H16N2O2S. The topological polar surface area (TPSA) is 49.4 Å². The third kappa shape index (κ3) is 2.09. The fourth-order valence-electron chi connectivity index (χ4n) is 2.53. The van der Waals surface area contributed by atoms with Gasteiger partial charge in [-0.05, 0) is 17.2 Å². The van der Waals surface area contributed by atoms with Crippen LogP contribution < -0.4 is 5.32 Å². The van der Waals surface area contributed by atoms with E-state index in [9.17, 15) is 8.42 Å². The van der Waals surface area contributed by atoms with E-state index in [4.69, 9.17) is 0 Å². The largest absolute Gasteiger partial charge is 0.314 e. The van der Waals surface area contributed by atoms with Crippen LogP contribution in [0.2, 0.25) is 0 Å². The van der Waals surface area contributed by atoms with Gasteiger partial charge in [-0.3, -0.25) is 4.90 Å². The van der Waals surface area contributed by atoms with Crippen molar-refractivity contribution in [3.8, 4) is 0 Å². The molecule has 1 fully saturated rings. The molecule has 0 unspecified atom stereocenters. The van der Waals surface area contributed by atoms with Crippen molar-refractivity contribution in [3.63, 3.8) is 0 Å². The molecule has 0 saturated carbocycles. The maximum atomic E-state index is 12.0. The SMILES string of the molecule is O=S1(=O)C=C(CN2CCNCC2)c2ccccc21. The summed E-state index contributed by atoms with van der Waals surface area (Å²) in [6, 6.07) is 7.25. The first-order chi connectivity index (χ1) is 8.67. The molecule has 4 nitrogen and oxygen atoms in total. The first kappa shape index (κ1) is 11.9. The highest BCUT2D eigenvalue weighted by Crippen LogP contribution is 2.33. The highest BCUT2D eigenvalue weighted by Gasteiger charge is 2.27. The molecule has 1 N–H and O–H groups in total.